The number of benzene rings is 1. The second kappa shape index (κ2) is 7.14. The highest BCUT2D eigenvalue weighted by Gasteiger charge is 2.56. The summed E-state index contributed by atoms with van der Waals surface area (Å²) >= 11 is 0. The molecule has 2 aliphatic rings. The van der Waals surface area contributed by atoms with E-state index in [-0.39, 0.29) is 11.6 Å². The number of hydrogen-bond donors (Lipinski definition) is 1. The van der Waals surface area contributed by atoms with Crippen LogP contribution in [0.5, 0.6) is 0 Å². The number of urea groups is 1. The van der Waals surface area contributed by atoms with Crippen LogP contribution in [-0.4, -0.2) is 42.3 Å². The number of aryl methyl sites for hydroxylation is 1. The number of anilines is 1. The highest BCUT2D eigenvalue weighted by atomic mass is 16.7. The maximum absolute atomic E-state index is 12.5. The van der Waals surface area contributed by atoms with Crippen LogP contribution >= 0.6 is 0 Å². The molecule has 0 spiro atoms. The predicted octanol–water partition coefficient (Wildman–Crippen LogP) is 3.80. The molecule has 148 valence electrons. The van der Waals surface area contributed by atoms with Crippen molar-refractivity contribution in [3.63, 3.8) is 0 Å². The van der Waals surface area contributed by atoms with Gasteiger partial charge in [-0.3, -0.25) is 0 Å². The van der Waals surface area contributed by atoms with Gasteiger partial charge in [-0.15, -0.1) is 0 Å². The van der Waals surface area contributed by atoms with Crippen LogP contribution in [0.3, 0.4) is 0 Å². The fourth-order valence-electron chi connectivity index (χ4n) is 4.03. The molecule has 2 heterocycles. The third-order valence-corrected chi connectivity index (χ3v) is 6.55. The van der Waals surface area contributed by atoms with E-state index in [2.05, 4.69) is 46.9 Å². The largest absolute Gasteiger partial charge is 0.495 e. The Labute approximate surface area is 163 Å². The molecule has 2 fully saturated rings. The number of amides is 2. The second-order valence-corrected chi connectivity index (χ2v) is 9.18. The number of rotatable bonds is 3. The van der Waals surface area contributed by atoms with Gasteiger partial charge >= 0.3 is 13.1 Å². The van der Waals surface area contributed by atoms with Crippen LogP contribution in [0.2, 0.25) is 0 Å². The number of carbonyl (C=O) groups is 1. The van der Waals surface area contributed by atoms with E-state index >= 15 is 0 Å². The van der Waals surface area contributed by atoms with Crippen molar-refractivity contribution in [3.05, 3.63) is 23.8 Å². The van der Waals surface area contributed by atoms with Gasteiger partial charge in [-0.2, -0.15) is 0 Å². The van der Waals surface area contributed by atoms with E-state index in [0.717, 1.165) is 36.2 Å². The molecule has 2 atom stereocenters. The molecule has 27 heavy (non-hydrogen) atoms. The quantitative estimate of drug-likeness (QED) is 0.821. The number of hydrogen-bond acceptors (Lipinski definition) is 3. The Morgan fingerprint density at radius 3 is 2.56 bits per heavy atom. The number of carbonyl (C=O) groups excluding carboxylic acids is 1. The van der Waals surface area contributed by atoms with E-state index in [9.17, 15) is 4.79 Å². The van der Waals surface area contributed by atoms with Gasteiger partial charge < -0.3 is 19.5 Å². The normalized spacial score (nSPS) is 27.5. The first kappa shape index (κ1) is 20.2. The Bertz CT molecular complexity index is 721. The average molecular weight is 372 g/mol. The molecule has 2 saturated heterocycles. The van der Waals surface area contributed by atoms with Crippen molar-refractivity contribution in [1.29, 1.82) is 0 Å². The number of nitrogens with one attached hydrogen (secondary N) is 1. The van der Waals surface area contributed by atoms with Crippen LogP contribution in [0.25, 0.3) is 0 Å². The maximum Gasteiger partial charge on any atom is 0.495 e. The average Bonchev–Trinajstić information content (AvgIpc) is 3.11. The molecule has 5 nitrogen and oxygen atoms in total. The van der Waals surface area contributed by atoms with Crippen LogP contribution < -0.4 is 10.8 Å². The Morgan fingerprint density at radius 1 is 1.30 bits per heavy atom. The third kappa shape index (κ3) is 3.74. The van der Waals surface area contributed by atoms with Crippen molar-refractivity contribution in [2.75, 3.05) is 18.4 Å². The summed E-state index contributed by atoms with van der Waals surface area (Å²) in [6.45, 7) is 16.5. The standard InChI is InChI=1S/C21H33BN2O3/c1-14(2)21(7)20(5,6)26-22(27-21)18-12-17(9-8-16(18)4)23-19(25)24-11-10-15(3)13-24/h8-9,12,14-15H,10-11,13H2,1-7H3,(H,23,25)/t15-,21?/m1/s1. The van der Waals surface area contributed by atoms with Crippen LogP contribution in [0.1, 0.15) is 53.5 Å². The van der Waals surface area contributed by atoms with Crippen LogP contribution in [0, 0.1) is 18.8 Å². The molecule has 1 aromatic rings. The van der Waals surface area contributed by atoms with Crippen LogP contribution in [0.15, 0.2) is 18.2 Å². The summed E-state index contributed by atoms with van der Waals surface area (Å²) in [7, 11) is -0.434. The van der Waals surface area contributed by atoms with Gasteiger partial charge in [-0.05, 0) is 63.5 Å². The van der Waals surface area contributed by atoms with E-state index in [1.807, 2.05) is 30.0 Å². The Balaban J connectivity index is 1.79. The summed E-state index contributed by atoms with van der Waals surface area (Å²) in [5, 5.41) is 3.04. The van der Waals surface area contributed by atoms with Crippen molar-refractivity contribution in [2.24, 2.45) is 11.8 Å². The Morgan fingerprint density at radius 2 is 2.00 bits per heavy atom. The molecule has 0 radical (unpaired) electrons. The second-order valence-electron chi connectivity index (χ2n) is 9.18. The van der Waals surface area contributed by atoms with Crippen molar-refractivity contribution in [3.8, 4) is 0 Å². The zero-order chi connectivity index (χ0) is 20.0. The zero-order valence-electron chi connectivity index (χ0n) is 17.8. The van der Waals surface area contributed by atoms with Gasteiger partial charge in [0.2, 0.25) is 0 Å². The van der Waals surface area contributed by atoms with Gasteiger partial charge in [-0.25, -0.2) is 4.79 Å². The molecule has 2 amide bonds. The molecule has 3 rings (SSSR count). The van der Waals surface area contributed by atoms with E-state index < -0.39 is 12.7 Å². The van der Waals surface area contributed by atoms with Crippen molar-refractivity contribution < 1.29 is 14.1 Å². The van der Waals surface area contributed by atoms with E-state index in [0.29, 0.717) is 11.8 Å². The van der Waals surface area contributed by atoms with Crippen molar-refractivity contribution in [2.45, 2.75) is 66.1 Å². The van der Waals surface area contributed by atoms with Gasteiger partial charge in [0.1, 0.15) is 0 Å². The number of likely N-dealkylation sites (tertiary alicyclic amines) is 1. The molecule has 0 aliphatic carbocycles. The predicted molar refractivity (Wildman–Crippen MR) is 110 cm³/mol. The van der Waals surface area contributed by atoms with Crippen molar-refractivity contribution in [1.82, 2.24) is 4.90 Å². The molecular formula is C21H33BN2O3. The minimum Gasteiger partial charge on any atom is -0.399 e. The first-order valence-electron chi connectivity index (χ1n) is 10.1. The molecule has 1 unspecified atom stereocenters. The first-order chi connectivity index (χ1) is 12.5. The lowest BCUT2D eigenvalue weighted by Crippen LogP contribution is -2.48. The van der Waals surface area contributed by atoms with Crippen molar-refractivity contribution >= 4 is 24.3 Å². The molecule has 0 aromatic heterocycles. The highest BCUT2D eigenvalue weighted by Crippen LogP contribution is 2.42. The highest BCUT2D eigenvalue weighted by molar-refractivity contribution is 6.62. The minimum atomic E-state index is -0.434. The summed E-state index contributed by atoms with van der Waals surface area (Å²) in [6, 6.07) is 5.91. The Hall–Kier alpha value is -1.53. The third-order valence-electron chi connectivity index (χ3n) is 6.55. The lowest BCUT2D eigenvalue weighted by molar-refractivity contribution is -0.0435. The number of nitrogens with zero attached hydrogens (tertiary/aromatic N) is 1. The lowest BCUT2D eigenvalue weighted by atomic mass is 9.75. The molecule has 2 aliphatic heterocycles. The topological polar surface area (TPSA) is 50.8 Å². The molecule has 6 heteroatoms. The fourth-order valence-corrected chi connectivity index (χ4v) is 4.03. The van der Waals surface area contributed by atoms with Gasteiger partial charge in [0.25, 0.3) is 0 Å². The SMILES string of the molecule is Cc1ccc(NC(=O)N2CC[C@@H](C)C2)cc1B1OC(C)(C)C(C)(C(C)C)O1. The molecule has 0 bridgehead atoms. The lowest BCUT2D eigenvalue weighted by Gasteiger charge is -2.39. The van der Waals surface area contributed by atoms with Crippen LogP contribution in [-0.2, 0) is 9.31 Å². The smallest absolute Gasteiger partial charge is 0.399 e. The van der Waals surface area contributed by atoms with E-state index in [4.69, 9.17) is 9.31 Å². The summed E-state index contributed by atoms with van der Waals surface area (Å²) in [5.74, 6) is 0.887. The summed E-state index contributed by atoms with van der Waals surface area (Å²) in [6.07, 6.45) is 1.07. The first-order valence-corrected chi connectivity index (χ1v) is 10.1. The maximum atomic E-state index is 12.5. The van der Waals surface area contributed by atoms with Crippen LogP contribution in [0.4, 0.5) is 10.5 Å². The van der Waals surface area contributed by atoms with Gasteiger partial charge in [-0.1, -0.05) is 32.4 Å². The molecule has 1 aromatic carbocycles. The van der Waals surface area contributed by atoms with Gasteiger partial charge in [0, 0.05) is 18.8 Å². The fraction of sp³-hybridized carbons (Fsp3) is 0.667. The summed E-state index contributed by atoms with van der Waals surface area (Å²) in [5.41, 5.74) is 2.07. The Kier molecular flexibility index (Phi) is 5.34. The molecular weight excluding hydrogens is 339 g/mol. The molecule has 1 N–H and O–H groups in total. The summed E-state index contributed by atoms with van der Waals surface area (Å²) < 4.78 is 12.7. The summed E-state index contributed by atoms with van der Waals surface area (Å²) in [4.78, 5) is 14.4. The molecule has 0 saturated carbocycles. The van der Waals surface area contributed by atoms with Gasteiger partial charge in [0.15, 0.2) is 0 Å². The zero-order valence-corrected chi connectivity index (χ0v) is 17.8. The van der Waals surface area contributed by atoms with Gasteiger partial charge in [0.05, 0.1) is 11.2 Å². The van der Waals surface area contributed by atoms with E-state index in [1.54, 1.807) is 0 Å². The monoisotopic (exact) mass is 372 g/mol. The van der Waals surface area contributed by atoms with E-state index in [1.165, 1.54) is 0 Å². The minimum absolute atomic E-state index is 0.0326.